The molecule has 0 fully saturated rings. The predicted molar refractivity (Wildman–Crippen MR) is 83.4 cm³/mol. The van der Waals surface area contributed by atoms with Crippen LogP contribution in [-0.4, -0.2) is 27.9 Å². The van der Waals surface area contributed by atoms with Gasteiger partial charge in [-0.05, 0) is 44.5 Å². The highest BCUT2D eigenvalue weighted by atomic mass is 16.5. The van der Waals surface area contributed by atoms with Gasteiger partial charge in [0.1, 0.15) is 24.0 Å². The molecular weight excluding hydrogens is 264 g/mol. The second-order valence-corrected chi connectivity index (χ2v) is 5.10. The fourth-order valence-corrected chi connectivity index (χ4v) is 2.14. The summed E-state index contributed by atoms with van der Waals surface area (Å²) >= 11 is 0. The Morgan fingerprint density at radius 2 is 1.95 bits per heavy atom. The Hall–Kier alpha value is -1.88. The van der Waals surface area contributed by atoms with Crippen LogP contribution >= 0.6 is 0 Å². The van der Waals surface area contributed by atoms with E-state index in [2.05, 4.69) is 34.5 Å². The highest BCUT2D eigenvalue weighted by molar-refractivity contribution is 5.27. The van der Waals surface area contributed by atoms with Crippen molar-refractivity contribution in [2.75, 3.05) is 13.2 Å². The van der Waals surface area contributed by atoms with E-state index in [4.69, 9.17) is 4.74 Å². The summed E-state index contributed by atoms with van der Waals surface area (Å²) in [6.07, 6.45) is 1.16. The topological polar surface area (TPSA) is 52.0 Å². The molecule has 0 saturated heterocycles. The third-order valence-electron chi connectivity index (χ3n) is 3.21. The molecule has 0 aliphatic rings. The molecule has 0 aliphatic carbocycles. The Bertz CT molecular complexity index is 548. The van der Waals surface area contributed by atoms with Gasteiger partial charge in [0, 0.05) is 6.54 Å². The lowest BCUT2D eigenvalue weighted by molar-refractivity contribution is 0.289. The van der Waals surface area contributed by atoms with Gasteiger partial charge in [0.25, 0.3) is 0 Å². The molecule has 1 N–H and O–H groups in total. The first kappa shape index (κ1) is 15.5. The molecule has 0 saturated carbocycles. The average Bonchev–Trinajstić information content (AvgIpc) is 2.79. The predicted octanol–water partition coefficient (Wildman–Crippen LogP) is 2.47. The second-order valence-electron chi connectivity index (χ2n) is 5.10. The van der Waals surface area contributed by atoms with E-state index in [0.717, 1.165) is 36.9 Å². The monoisotopic (exact) mass is 288 g/mol. The van der Waals surface area contributed by atoms with Crippen LogP contribution in [0.1, 0.15) is 30.6 Å². The molecule has 21 heavy (non-hydrogen) atoms. The maximum atomic E-state index is 5.75. The molecule has 5 heteroatoms. The van der Waals surface area contributed by atoms with Crippen LogP contribution in [0.5, 0.6) is 5.75 Å². The summed E-state index contributed by atoms with van der Waals surface area (Å²) in [5.74, 6) is 2.62. The molecular formula is C16H24N4O. The van der Waals surface area contributed by atoms with E-state index in [1.807, 2.05) is 30.7 Å². The normalized spacial score (nSPS) is 10.8. The van der Waals surface area contributed by atoms with Gasteiger partial charge >= 0.3 is 0 Å². The number of hydrogen-bond donors (Lipinski definition) is 1. The van der Waals surface area contributed by atoms with Crippen LogP contribution in [0.2, 0.25) is 0 Å². The van der Waals surface area contributed by atoms with E-state index >= 15 is 0 Å². The lowest BCUT2D eigenvalue weighted by atomic mass is 10.2. The Morgan fingerprint density at radius 1 is 1.19 bits per heavy atom. The minimum absolute atomic E-state index is 0.594. The quantitative estimate of drug-likeness (QED) is 0.758. The third kappa shape index (κ3) is 4.86. The molecule has 0 spiro atoms. The van der Waals surface area contributed by atoms with Crippen LogP contribution in [0.4, 0.5) is 0 Å². The van der Waals surface area contributed by atoms with Gasteiger partial charge < -0.3 is 10.1 Å². The van der Waals surface area contributed by atoms with Crippen molar-refractivity contribution in [1.82, 2.24) is 20.1 Å². The zero-order chi connectivity index (χ0) is 15.1. The smallest absolute Gasteiger partial charge is 0.147 e. The molecule has 0 unspecified atom stereocenters. The minimum Gasteiger partial charge on any atom is -0.492 e. The SMILES string of the molecule is CCCNCc1ccc(OCCn2nc(C)nc2C)cc1. The van der Waals surface area contributed by atoms with Crippen molar-refractivity contribution in [3.05, 3.63) is 41.5 Å². The summed E-state index contributed by atoms with van der Waals surface area (Å²) in [7, 11) is 0. The van der Waals surface area contributed by atoms with E-state index in [1.165, 1.54) is 5.56 Å². The molecule has 0 atom stereocenters. The largest absolute Gasteiger partial charge is 0.492 e. The number of aryl methyl sites for hydroxylation is 2. The summed E-state index contributed by atoms with van der Waals surface area (Å²) in [5, 5.41) is 7.70. The first-order valence-corrected chi connectivity index (χ1v) is 7.49. The Balaban J connectivity index is 1.77. The van der Waals surface area contributed by atoms with Gasteiger partial charge in [0.2, 0.25) is 0 Å². The number of nitrogens with zero attached hydrogens (tertiary/aromatic N) is 3. The van der Waals surface area contributed by atoms with E-state index < -0.39 is 0 Å². The fourth-order valence-electron chi connectivity index (χ4n) is 2.14. The summed E-state index contributed by atoms with van der Waals surface area (Å²) in [6.45, 7) is 9.29. The second kappa shape index (κ2) is 7.78. The highest BCUT2D eigenvalue weighted by Crippen LogP contribution is 2.12. The minimum atomic E-state index is 0.594. The maximum Gasteiger partial charge on any atom is 0.147 e. The van der Waals surface area contributed by atoms with Crippen LogP contribution in [-0.2, 0) is 13.1 Å². The molecule has 0 aliphatic heterocycles. The van der Waals surface area contributed by atoms with Crippen molar-refractivity contribution in [3.63, 3.8) is 0 Å². The van der Waals surface area contributed by atoms with E-state index in [1.54, 1.807) is 0 Å². The van der Waals surface area contributed by atoms with Crippen LogP contribution in [0.15, 0.2) is 24.3 Å². The van der Waals surface area contributed by atoms with Gasteiger partial charge in [-0.25, -0.2) is 9.67 Å². The van der Waals surface area contributed by atoms with Crippen LogP contribution in [0.3, 0.4) is 0 Å². The summed E-state index contributed by atoms with van der Waals surface area (Å²) in [5.41, 5.74) is 1.28. The molecule has 5 nitrogen and oxygen atoms in total. The van der Waals surface area contributed by atoms with Gasteiger partial charge in [-0.15, -0.1) is 0 Å². The number of aromatic nitrogens is 3. The fraction of sp³-hybridized carbons (Fsp3) is 0.500. The van der Waals surface area contributed by atoms with Crippen molar-refractivity contribution in [3.8, 4) is 5.75 Å². The van der Waals surface area contributed by atoms with E-state index in [-0.39, 0.29) is 0 Å². The molecule has 0 radical (unpaired) electrons. The Labute approximate surface area is 126 Å². The number of hydrogen-bond acceptors (Lipinski definition) is 4. The lowest BCUT2D eigenvalue weighted by Crippen LogP contribution is -2.13. The van der Waals surface area contributed by atoms with Crippen LogP contribution in [0.25, 0.3) is 0 Å². The molecule has 114 valence electrons. The number of ether oxygens (including phenoxy) is 1. The van der Waals surface area contributed by atoms with Gasteiger partial charge in [-0.3, -0.25) is 0 Å². The van der Waals surface area contributed by atoms with Gasteiger partial charge in [-0.1, -0.05) is 19.1 Å². The maximum absolute atomic E-state index is 5.75. The zero-order valence-corrected chi connectivity index (χ0v) is 13.1. The van der Waals surface area contributed by atoms with Crippen molar-refractivity contribution in [2.45, 2.75) is 40.3 Å². The first-order valence-electron chi connectivity index (χ1n) is 7.49. The highest BCUT2D eigenvalue weighted by Gasteiger charge is 2.02. The van der Waals surface area contributed by atoms with Crippen molar-refractivity contribution < 1.29 is 4.74 Å². The molecule has 1 heterocycles. The molecule has 2 aromatic rings. The third-order valence-corrected chi connectivity index (χ3v) is 3.21. The van der Waals surface area contributed by atoms with Gasteiger partial charge in [-0.2, -0.15) is 5.10 Å². The summed E-state index contributed by atoms with van der Waals surface area (Å²) < 4.78 is 7.62. The van der Waals surface area contributed by atoms with Crippen LogP contribution in [0, 0.1) is 13.8 Å². The average molecular weight is 288 g/mol. The molecule has 2 rings (SSSR count). The van der Waals surface area contributed by atoms with E-state index in [0.29, 0.717) is 13.2 Å². The standard InChI is InChI=1S/C16H24N4O/c1-4-9-17-12-15-5-7-16(8-6-15)21-11-10-20-14(3)18-13(2)19-20/h5-8,17H,4,9-12H2,1-3H3. The molecule has 0 amide bonds. The van der Waals surface area contributed by atoms with Crippen LogP contribution < -0.4 is 10.1 Å². The summed E-state index contributed by atoms with van der Waals surface area (Å²) in [6, 6.07) is 8.23. The zero-order valence-electron chi connectivity index (χ0n) is 13.1. The van der Waals surface area contributed by atoms with Gasteiger partial charge in [0.15, 0.2) is 0 Å². The van der Waals surface area contributed by atoms with Crippen molar-refractivity contribution in [2.24, 2.45) is 0 Å². The Kier molecular flexibility index (Phi) is 5.75. The lowest BCUT2D eigenvalue weighted by Gasteiger charge is -2.08. The number of nitrogens with one attached hydrogen (secondary N) is 1. The first-order chi connectivity index (χ1) is 10.2. The Morgan fingerprint density at radius 3 is 2.57 bits per heavy atom. The number of benzene rings is 1. The van der Waals surface area contributed by atoms with Crippen molar-refractivity contribution in [1.29, 1.82) is 0 Å². The molecule has 1 aromatic heterocycles. The molecule has 0 bridgehead atoms. The summed E-state index contributed by atoms with van der Waals surface area (Å²) in [4.78, 5) is 4.27. The number of rotatable bonds is 8. The van der Waals surface area contributed by atoms with Crippen molar-refractivity contribution >= 4 is 0 Å². The van der Waals surface area contributed by atoms with Gasteiger partial charge in [0.05, 0.1) is 6.54 Å². The van der Waals surface area contributed by atoms with E-state index in [9.17, 15) is 0 Å². The molecule has 1 aromatic carbocycles.